The van der Waals surface area contributed by atoms with Gasteiger partial charge in [0.25, 0.3) is 5.56 Å². The molecule has 1 heterocycles. The maximum absolute atomic E-state index is 13.4. The predicted octanol–water partition coefficient (Wildman–Crippen LogP) is 1.10. The number of aryl methyl sites for hydroxylation is 1. The van der Waals surface area contributed by atoms with Crippen molar-refractivity contribution in [2.45, 2.75) is 13.3 Å². The zero-order valence-corrected chi connectivity index (χ0v) is 9.21. The second kappa shape index (κ2) is 4.37. The van der Waals surface area contributed by atoms with Crippen LogP contribution in [0, 0.1) is 12.7 Å². The van der Waals surface area contributed by atoms with Crippen molar-refractivity contribution in [1.29, 1.82) is 0 Å². The third-order valence-electron chi connectivity index (χ3n) is 2.58. The fraction of sp³-hybridized carbons (Fsp3) is 0.167. The second-order valence-electron chi connectivity index (χ2n) is 3.78. The van der Waals surface area contributed by atoms with Crippen molar-refractivity contribution in [3.8, 4) is 0 Å². The summed E-state index contributed by atoms with van der Waals surface area (Å²) in [4.78, 5) is 27.2. The molecule has 0 atom stereocenters. The summed E-state index contributed by atoms with van der Waals surface area (Å²) in [7, 11) is 0. The summed E-state index contributed by atoms with van der Waals surface area (Å²) in [6.07, 6.45) is 0.157. The Morgan fingerprint density at radius 3 is 2.53 bits per heavy atom. The smallest absolute Gasteiger partial charge is 0.311 e. The maximum atomic E-state index is 13.4. The Kier molecular flexibility index (Phi) is 2.91. The SMILES string of the molecule is Cc1[nH]c(=O)[nH]c(=O)c1Cc1ccccc1F. The van der Waals surface area contributed by atoms with Crippen LogP contribution in [0.25, 0.3) is 0 Å². The Hall–Kier alpha value is -2.17. The second-order valence-corrected chi connectivity index (χ2v) is 3.78. The van der Waals surface area contributed by atoms with E-state index in [1.54, 1.807) is 25.1 Å². The average molecular weight is 234 g/mol. The quantitative estimate of drug-likeness (QED) is 0.817. The molecule has 0 aliphatic rings. The zero-order valence-electron chi connectivity index (χ0n) is 9.21. The molecule has 0 bridgehead atoms. The number of hydrogen-bond donors (Lipinski definition) is 2. The van der Waals surface area contributed by atoms with E-state index in [9.17, 15) is 14.0 Å². The minimum atomic E-state index is -0.551. The van der Waals surface area contributed by atoms with E-state index in [1.165, 1.54) is 6.07 Å². The molecule has 2 rings (SSSR count). The number of benzene rings is 1. The zero-order chi connectivity index (χ0) is 12.4. The van der Waals surface area contributed by atoms with E-state index >= 15 is 0 Å². The van der Waals surface area contributed by atoms with Crippen molar-refractivity contribution in [2.24, 2.45) is 0 Å². The van der Waals surface area contributed by atoms with Gasteiger partial charge in [0.2, 0.25) is 0 Å². The monoisotopic (exact) mass is 234 g/mol. The van der Waals surface area contributed by atoms with Gasteiger partial charge in [-0.25, -0.2) is 9.18 Å². The molecule has 2 N–H and O–H groups in total. The Morgan fingerprint density at radius 1 is 1.18 bits per heavy atom. The van der Waals surface area contributed by atoms with E-state index in [0.717, 1.165) is 0 Å². The van der Waals surface area contributed by atoms with Crippen LogP contribution >= 0.6 is 0 Å². The van der Waals surface area contributed by atoms with E-state index < -0.39 is 11.2 Å². The fourth-order valence-corrected chi connectivity index (χ4v) is 1.67. The van der Waals surface area contributed by atoms with Crippen molar-refractivity contribution < 1.29 is 4.39 Å². The minimum absolute atomic E-state index is 0.157. The fourth-order valence-electron chi connectivity index (χ4n) is 1.67. The molecule has 0 unspecified atom stereocenters. The molecule has 88 valence electrons. The molecule has 2 aromatic rings. The van der Waals surface area contributed by atoms with Crippen LogP contribution in [0.2, 0.25) is 0 Å². The van der Waals surface area contributed by atoms with Crippen molar-refractivity contribution in [2.75, 3.05) is 0 Å². The summed E-state index contributed by atoms with van der Waals surface area (Å²) in [6, 6.07) is 6.24. The van der Waals surface area contributed by atoms with Gasteiger partial charge in [-0.3, -0.25) is 9.78 Å². The van der Waals surface area contributed by atoms with Crippen molar-refractivity contribution in [1.82, 2.24) is 9.97 Å². The summed E-state index contributed by atoms with van der Waals surface area (Å²) >= 11 is 0. The Labute approximate surface area is 96.1 Å². The molecule has 0 amide bonds. The number of aromatic amines is 2. The number of nitrogens with one attached hydrogen (secondary N) is 2. The van der Waals surface area contributed by atoms with Crippen LogP contribution in [0.15, 0.2) is 33.9 Å². The molecule has 17 heavy (non-hydrogen) atoms. The first kappa shape index (κ1) is 11.3. The van der Waals surface area contributed by atoms with Gasteiger partial charge in [0, 0.05) is 17.7 Å². The van der Waals surface area contributed by atoms with Crippen molar-refractivity contribution in [3.05, 3.63) is 67.7 Å². The Morgan fingerprint density at radius 2 is 1.88 bits per heavy atom. The summed E-state index contributed by atoms with van der Waals surface area (Å²) in [5.74, 6) is -0.363. The third kappa shape index (κ3) is 2.33. The minimum Gasteiger partial charge on any atom is -0.311 e. The molecule has 4 nitrogen and oxygen atoms in total. The van der Waals surface area contributed by atoms with Crippen LogP contribution in [-0.2, 0) is 6.42 Å². The van der Waals surface area contributed by atoms with Crippen LogP contribution in [0.1, 0.15) is 16.8 Å². The van der Waals surface area contributed by atoms with E-state index in [4.69, 9.17) is 0 Å². The van der Waals surface area contributed by atoms with E-state index in [-0.39, 0.29) is 12.2 Å². The first-order valence-electron chi connectivity index (χ1n) is 5.13. The summed E-state index contributed by atoms with van der Waals surface area (Å²) in [5, 5.41) is 0. The lowest BCUT2D eigenvalue weighted by Crippen LogP contribution is -2.27. The molecule has 1 aromatic heterocycles. The van der Waals surface area contributed by atoms with Crippen LogP contribution < -0.4 is 11.2 Å². The van der Waals surface area contributed by atoms with Gasteiger partial charge in [0.05, 0.1) is 0 Å². The Bertz CT molecular complexity index is 658. The van der Waals surface area contributed by atoms with E-state index in [2.05, 4.69) is 9.97 Å². The van der Waals surface area contributed by atoms with Gasteiger partial charge in [0.1, 0.15) is 5.82 Å². The lowest BCUT2D eigenvalue weighted by Gasteiger charge is -2.05. The van der Waals surface area contributed by atoms with Crippen LogP contribution in [0.4, 0.5) is 4.39 Å². The van der Waals surface area contributed by atoms with Crippen molar-refractivity contribution >= 4 is 0 Å². The van der Waals surface area contributed by atoms with Gasteiger partial charge in [-0.2, -0.15) is 0 Å². The highest BCUT2D eigenvalue weighted by atomic mass is 19.1. The first-order chi connectivity index (χ1) is 8.08. The van der Waals surface area contributed by atoms with Gasteiger partial charge >= 0.3 is 5.69 Å². The molecule has 1 aromatic carbocycles. The molecule has 0 aliphatic carbocycles. The molecular formula is C12H11FN2O2. The van der Waals surface area contributed by atoms with Crippen LogP contribution in [-0.4, -0.2) is 9.97 Å². The summed E-state index contributed by atoms with van der Waals surface area (Å²) in [5.41, 5.74) is 0.226. The molecule has 0 saturated heterocycles. The molecule has 0 fully saturated rings. The number of rotatable bonds is 2. The predicted molar refractivity (Wildman–Crippen MR) is 61.6 cm³/mol. The normalized spacial score (nSPS) is 10.5. The summed E-state index contributed by atoms with van der Waals surface area (Å²) < 4.78 is 13.4. The highest BCUT2D eigenvalue weighted by molar-refractivity contribution is 5.27. The third-order valence-corrected chi connectivity index (χ3v) is 2.58. The number of H-pyrrole nitrogens is 2. The van der Waals surface area contributed by atoms with Gasteiger partial charge < -0.3 is 4.98 Å². The van der Waals surface area contributed by atoms with Crippen LogP contribution in [0.5, 0.6) is 0 Å². The summed E-state index contributed by atoms with van der Waals surface area (Å²) in [6.45, 7) is 1.62. The van der Waals surface area contributed by atoms with Gasteiger partial charge in [-0.05, 0) is 18.6 Å². The first-order valence-corrected chi connectivity index (χ1v) is 5.13. The highest BCUT2D eigenvalue weighted by Gasteiger charge is 2.09. The number of hydrogen-bond acceptors (Lipinski definition) is 2. The largest absolute Gasteiger partial charge is 0.325 e. The van der Waals surface area contributed by atoms with Gasteiger partial charge in [-0.15, -0.1) is 0 Å². The lowest BCUT2D eigenvalue weighted by atomic mass is 10.0. The topological polar surface area (TPSA) is 65.7 Å². The van der Waals surface area contributed by atoms with Crippen LogP contribution in [0.3, 0.4) is 0 Å². The Balaban J connectivity index is 2.48. The average Bonchev–Trinajstić information content (AvgIpc) is 2.25. The molecule has 0 spiro atoms. The highest BCUT2D eigenvalue weighted by Crippen LogP contribution is 2.11. The molecule has 5 heteroatoms. The van der Waals surface area contributed by atoms with Gasteiger partial charge in [0.15, 0.2) is 0 Å². The molecule has 0 radical (unpaired) electrons. The maximum Gasteiger partial charge on any atom is 0.325 e. The standard InChI is InChI=1S/C12H11FN2O2/c1-7-9(11(16)15-12(17)14-7)6-8-4-2-3-5-10(8)13/h2-5H,6H2,1H3,(H2,14,15,16,17). The molecule has 0 aliphatic heterocycles. The van der Waals surface area contributed by atoms with E-state index in [0.29, 0.717) is 16.8 Å². The van der Waals surface area contributed by atoms with Crippen molar-refractivity contribution in [3.63, 3.8) is 0 Å². The molecular weight excluding hydrogens is 223 g/mol. The molecule has 0 saturated carbocycles. The van der Waals surface area contributed by atoms with E-state index in [1.807, 2.05) is 0 Å². The number of halogens is 1. The lowest BCUT2D eigenvalue weighted by molar-refractivity contribution is 0.613. The van der Waals surface area contributed by atoms with Gasteiger partial charge in [-0.1, -0.05) is 18.2 Å². The number of aromatic nitrogens is 2.